The van der Waals surface area contributed by atoms with Crippen LogP contribution in [0.4, 0.5) is 23.1 Å². The van der Waals surface area contributed by atoms with Crippen LogP contribution in [0.3, 0.4) is 0 Å². The van der Waals surface area contributed by atoms with Gasteiger partial charge < -0.3 is 16.4 Å². The molecule has 0 aliphatic rings. The van der Waals surface area contributed by atoms with Crippen molar-refractivity contribution in [3.05, 3.63) is 41.7 Å². The predicted molar refractivity (Wildman–Crippen MR) is 102 cm³/mol. The highest BCUT2D eigenvalue weighted by molar-refractivity contribution is 5.88. The van der Waals surface area contributed by atoms with Gasteiger partial charge in [0.1, 0.15) is 5.82 Å². The molecule has 0 unspecified atom stereocenters. The Balaban J connectivity index is 1.89. The highest BCUT2D eigenvalue weighted by atomic mass is 16.1. The molecular formula is C18H21N7O. The SMILES string of the molecule is CC(=O)Nc1ccc(Nc2cc(-c3c(C)nn(C)c3C)nc(N)n2)cc1. The van der Waals surface area contributed by atoms with Gasteiger partial charge in [-0.3, -0.25) is 9.48 Å². The Morgan fingerprint density at radius 1 is 1.12 bits per heavy atom. The van der Waals surface area contributed by atoms with E-state index in [0.717, 1.165) is 34.0 Å². The monoisotopic (exact) mass is 351 g/mol. The fourth-order valence-electron chi connectivity index (χ4n) is 2.79. The Morgan fingerprint density at radius 3 is 2.35 bits per heavy atom. The van der Waals surface area contributed by atoms with E-state index in [0.29, 0.717) is 5.82 Å². The van der Waals surface area contributed by atoms with Crippen molar-refractivity contribution in [2.24, 2.45) is 7.05 Å². The Hall–Kier alpha value is -3.42. The second-order valence-corrected chi connectivity index (χ2v) is 6.05. The van der Waals surface area contributed by atoms with Crippen molar-refractivity contribution in [1.29, 1.82) is 0 Å². The number of nitrogens with one attached hydrogen (secondary N) is 2. The molecule has 0 aliphatic heterocycles. The highest BCUT2D eigenvalue weighted by Gasteiger charge is 2.15. The number of nitrogens with zero attached hydrogens (tertiary/aromatic N) is 4. The molecule has 0 saturated heterocycles. The van der Waals surface area contributed by atoms with Crippen LogP contribution in [0, 0.1) is 13.8 Å². The van der Waals surface area contributed by atoms with Crippen LogP contribution in [0.25, 0.3) is 11.3 Å². The first-order chi connectivity index (χ1) is 12.3. The number of carbonyl (C=O) groups excluding carboxylic acids is 1. The van der Waals surface area contributed by atoms with Gasteiger partial charge in [-0.15, -0.1) is 0 Å². The minimum absolute atomic E-state index is 0.110. The maximum atomic E-state index is 11.1. The molecule has 0 aliphatic carbocycles. The first-order valence-corrected chi connectivity index (χ1v) is 8.13. The second kappa shape index (κ2) is 6.83. The molecular weight excluding hydrogens is 330 g/mol. The third-order valence-electron chi connectivity index (χ3n) is 3.99. The van der Waals surface area contributed by atoms with Gasteiger partial charge in [-0.2, -0.15) is 10.1 Å². The van der Waals surface area contributed by atoms with Crippen molar-refractivity contribution in [3.63, 3.8) is 0 Å². The van der Waals surface area contributed by atoms with Crippen LogP contribution < -0.4 is 16.4 Å². The van der Waals surface area contributed by atoms with E-state index in [2.05, 4.69) is 25.7 Å². The van der Waals surface area contributed by atoms with E-state index in [9.17, 15) is 4.79 Å². The van der Waals surface area contributed by atoms with Gasteiger partial charge in [0.2, 0.25) is 11.9 Å². The Kier molecular flexibility index (Phi) is 4.57. The van der Waals surface area contributed by atoms with Gasteiger partial charge in [0.25, 0.3) is 0 Å². The normalized spacial score (nSPS) is 10.6. The molecule has 1 aromatic carbocycles. The number of hydrogen-bond acceptors (Lipinski definition) is 6. The molecule has 3 aromatic rings. The predicted octanol–water partition coefficient (Wildman–Crippen LogP) is 2.78. The lowest BCUT2D eigenvalue weighted by Crippen LogP contribution is -2.05. The van der Waals surface area contributed by atoms with Crippen molar-refractivity contribution in [2.45, 2.75) is 20.8 Å². The van der Waals surface area contributed by atoms with Gasteiger partial charge in [0, 0.05) is 42.7 Å². The zero-order chi connectivity index (χ0) is 18.8. The Morgan fingerprint density at radius 2 is 1.77 bits per heavy atom. The first kappa shape index (κ1) is 17.4. The molecule has 3 rings (SSSR count). The van der Waals surface area contributed by atoms with Crippen molar-refractivity contribution in [1.82, 2.24) is 19.7 Å². The van der Waals surface area contributed by atoms with Gasteiger partial charge in [-0.05, 0) is 38.1 Å². The molecule has 0 fully saturated rings. The minimum Gasteiger partial charge on any atom is -0.368 e. The average Bonchev–Trinajstić information content (AvgIpc) is 2.81. The quantitative estimate of drug-likeness (QED) is 0.666. The van der Waals surface area contributed by atoms with E-state index in [1.807, 2.05) is 55.9 Å². The summed E-state index contributed by atoms with van der Waals surface area (Å²) in [4.78, 5) is 19.7. The molecule has 1 amide bonds. The van der Waals surface area contributed by atoms with Crippen molar-refractivity contribution < 1.29 is 4.79 Å². The zero-order valence-corrected chi connectivity index (χ0v) is 15.2. The molecule has 134 valence electrons. The van der Waals surface area contributed by atoms with Gasteiger partial charge in [-0.25, -0.2) is 4.98 Å². The van der Waals surface area contributed by atoms with Crippen molar-refractivity contribution in [2.75, 3.05) is 16.4 Å². The summed E-state index contributed by atoms with van der Waals surface area (Å²) in [6, 6.07) is 9.16. The van der Waals surface area contributed by atoms with Crippen LogP contribution in [0.1, 0.15) is 18.3 Å². The van der Waals surface area contributed by atoms with Crippen LogP contribution in [-0.2, 0) is 11.8 Å². The van der Waals surface area contributed by atoms with Gasteiger partial charge in [0.05, 0.1) is 11.4 Å². The average molecular weight is 351 g/mol. The maximum absolute atomic E-state index is 11.1. The summed E-state index contributed by atoms with van der Waals surface area (Å²) in [6.45, 7) is 5.40. The van der Waals surface area contributed by atoms with Crippen LogP contribution in [0.5, 0.6) is 0 Å². The molecule has 0 bridgehead atoms. The molecule has 4 N–H and O–H groups in total. The number of nitrogens with two attached hydrogens (primary N) is 1. The highest BCUT2D eigenvalue weighted by Crippen LogP contribution is 2.28. The molecule has 0 spiro atoms. The van der Waals surface area contributed by atoms with Gasteiger partial charge >= 0.3 is 0 Å². The van der Waals surface area contributed by atoms with Gasteiger partial charge in [0.15, 0.2) is 0 Å². The number of rotatable bonds is 4. The van der Waals surface area contributed by atoms with Crippen molar-refractivity contribution in [3.8, 4) is 11.3 Å². The van der Waals surface area contributed by atoms with E-state index >= 15 is 0 Å². The molecule has 2 aromatic heterocycles. The summed E-state index contributed by atoms with van der Waals surface area (Å²) in [5.41, 5.74) is 11.0. The third-order valence-corrected chi connectivity index (χ3v) is 3.99. The molecule has 0 saturated carbocycles. The number of carbonyl (C=O) groups is 1. The number of anilines is 4. The van der Waals surface area contributed by atoms with Crippen LogP contribution in [0.15, 0.2) is 30.3 Å². The molecule has 2 heterocycles. The largest absolute Gasteiger partial charge is 0.368 e. The zero-order valence-electron chi connectivity index (χ0n) is 15.2. The fraction of sp³-hybridized carbons (Fsp3) is 0.222. The smallest absolute Gasteiger partial charge is 0.222 e. The number of benzene rings is 1. The summed E-state index contributed by atoms with van der Waals surface area (Å²) in [6.07, 6.45) is 0. The Bertz CT molecular complexity index is 960. The van der Waals surface area contributed by atoms with E-state index in [1.54, 1.807) is 0 Å². The van der Waals surface area contributed by atoms with Crippen molar-refractivity contribution >= 4 is 29.0 Å². The standard InChI is InChI=1S/C18H21N7O/c1-10-17(11(2)25(4)24-10)15-9-16(23-18(19)22-15)21-14-7-5-13(6-8-14)20-12(3)26/h5-9H,1-4H3,(H,20,26)(H3,19,21,22,23). The summed E-state index contributed by atoms with van der Waals surface area (Å²) in [5.74, 6) is 0.658. The summed E-state index contributed by atoms with van der Waals surface area (Å²) < 4.78 is 1.82. The van der Waals surface area contributed by atoms with Crippen LogP contribution in [0.2, 0.25) is 0 Å². The topological polar surface area (TPSA) is 111 Å². The van der Waals surface area contributed by atoms with Crippen LogP contribution in [-0.4, -0.2) is 25.7 Å². The minimum atomic E-state index is -0.110. The lowest BCUT2D eigenvalue weighted by molar-refractivity contribution is -0.114. The molecule has 8 heteroatoms. The lowest BCUT2D eigenvalue weighted by atomic mass is 10.1. The van der Waals surface area contributed by atoms with E-state index < -0.39 is 0 Å². The summed E-state index contributed by atoms with van der Waals surface area (Å²) >= 11 is 0. The van der Waals surface area contributed by atoms with E-state index in [1.165, 1.54) is 6.92 Å². The molecule has 26 heavy (non-hydrogen) atoms. The molecule has 8 nitrogen and oxygen atoms in total. The number of amides is 1. The number of hydrogen-bond donors (Lipinski definition) is 3. The summed E-state index contributed by atoms with van der Waals surface area (Å²) in [7, 11) is 1.90. The maximum Gasteiger partial charge on any atom is 0.222 e. The van der Waals surface area contributed by atoms with Crippen LogP contribution >= 0.6 is 0 Å². The number of nitrogen functional groups attached to an aromatic ring is 1. The summed E-state index contributed by atoms with van der Waals surface area (Å²) in [5, 5.41) is 10.4. The van der Waals surface area contributed by atoms with Gasteiger partial charge in [-0.1, -0.05) is 0 Å². The molecule has 0 radical (unpaired) electrons. The first-order valence-electron chi connectivity index (χ1n) is 8.13. The fourth-order valence-corrected chi connectivity index (χ4v) is 2.79. The number of aryl methyl sites for hydroxylation is 2. The van der Waals surface area contributed by atoms with E-state index in [4.69, 9.17) is 5.73 Å². The second-order valence-electron chi connectivity index (χ2n) is 6.05. The Labute approximate surface area is 151 Å². The lowest BCUT2D eigenvalue weighted by Gasteiger charge is -2.10. The molecule has 0 atom stereocenters. The number of aromatic nitrogens is 4. The third kappa shape index (κ3) is 3.64. The van der Waals surface area contributed by atoms with E-state index in [-0.39, 0.29) is 11.9 Å².